The number of carbonyl (C=O) groups is 1. The highest BCUT2D eigenvalue weighted by Crippen LogP contribution is 2.43. The Morgan fingerprint density at radius 1 is 1.29 bits per heavy atom. The Hall–Kier alpha value is -1.54. The largest absolute Gasteiger partial charge is 0.281 e. The molecule has 1 saturated carbocycles. The Bertz CT molecular complexity index is 750. The number of amides is 1. The molecule has 6 nitrogen and oxygen atoms in total. The smallest absolute Gasteiger partial charge is 0.269 e. The van der Waals surface area contributed by atoms with Gasteiger partial charge in [-0.15, -0.1) is 0 Å². The molecule has 0 N–H and O–H groups in total. The fourth-order valence-electron chi connectivity index (χ4n) is 3.03. The number of alkyl halides is 1. The number of azo groups is 1. The third-order valence-electron chi connectivity index (χ3n) is 4.31. The van der Waals surface area contributed by atoms with Crippen molar-refractivity contribution in [2.45, 2.75) is 41.9 Å². The first-order chi connectivity index (χ1) is 11.6. The van der Waals surface area contributed by atoms with Crippen molar-refractivity contribution in [3.8, 4) is 0 Å². The van der Waals surface area contributed by atoms with E-state index in [1.165, 1.54) is 5.01 Å². The maximum atomic E-state index is 12.7. The van der Waals surface area contributed by atoms with Gasteiger partial charge in [-0.05, 0) is 31.9 Å². The second-order valence-electron chi connectivity index (χ2n) is 6.00. The molecular formula is C16H16BrN5OS. The molecule has 4 atom stereocenters. The molecule has 2 aliphatic heterocycles. The minimum atomic E-state index is -0.659. The Morgan fingerprint density at radius 2 is 2.08 bits per heavy atom. The number of hydrogen-bond acceptors (Lipinski definition) is 6. The van der Waals surface area contributed by atoms with Crippen molar-refractivity contribution in [2.24, 2.45) is 20.3 Å². The molecule has 2 heterocycles. The van der Waals surface area contributed by atoms with Gasteiger partial charge in [0.2, 0.25) is 0 Å². The van der Waals surface area contributed by atoms with E-state index in [1.807, 2.05) is 30.3 Å². The summed E-state index contributed by atoms with van der Waals surface area (Å²) in [5, 5.41) is 15.2. The van der Waals surface area contributed by atoms with Crippen LogP contribution in [0.2, 0.25) is 0 Å². The molecule has 3 aliphatic rings. The standard InChI is InChI=1S/C16H16BrN5OS/c1-9-13(20-19-10-5-3-2-4-6-10)15(23)22(21-9)16-18-12-8-7-11(17)14(12)24-16/h2-6,11-14H,7-8H2,1H3/t11-,12-,13+,14-/m0/s1. The summed E-state index contributed by atoms with van der Waals surface area (Å²) in [6.07, 6.45) is 2.18. The average Bonchev–Trinajstić information content (AvgIpc) is 3.23. The summed E-state index contributed by atoms with van der Waals surface area (Å²) in [5.41, 5.74) is 1.37. The van der Waals surface area contributed by atoms with E-state index in [9.17, 15) is 4.79 Å². The zero-order valence-electron chi connectivity index (χ0n) is 13.0. The van der Waals surface area contributed by atoms with Crippen molar-refractivity contribution in [3.63, 3.8) is 0 Å². The molecule has 0 unspecified atom stereocenters. The van der Waals surface area contributed by atoms with Crippen LogP contribution < -0.4 is 0 Å². The summed E-state index contributed by atoms with van der Waals surface area (Å²) in [5.74, 6) is -0.176. The lowest BCUT2D eigenvalue weighted by Gasteiger charge is -2.14. The van der Waals surface area contributed by atoms with Crippen LogP contribution in [0, 0.1) is 0 Å². The summed E-state index contributed by atoms with van der Waals surface area (Å²) < 4.78 is 0. The van der Waals surface area contributed by atoms with E-state index in [2.05, 4.69) is 31.3 Å². The van der Waals surface area contributed by atoms with Gasteiger partial charge in [0.25, 0.3) is 5.91 Å². The predicted molar refractivity (Wildman–Crippen MR) is 99.3 cm³/mol. The van der Waals surface area contributed by atoms with Crippen LogP contribution in [0.15, 0.2) is 50.7 Å². The first kappa shape index (κ1) is 16.0. The van der Waals surface area contributed by atoms with Crippen molar-refractivity contribution >= 4 is 50.2 Å². The van der Waals surface area contributed by atoms with Gasteiger partial charge in [-0.1, -0.05) is 45.9 Å². The highest BCUT2D eigenvalue weighted by Gasteiger charge is 2.45. The van der Waals surface area contributed by atoms with Gasteiger partial charge in [-0.3, -0.25) is 9.79 Å². The third kappa shape index (κ3) is 2.82. The molecular weight excluding hydrogens is 390 g/mol. The number of amidine groups is 1. The normalized spacial score (nSPS) is 32.4. The van der Waals surface area contributed by atoms with Crippen molar-refractivity contribution < 1.29 is 4.79 Å². The maximum Gasteiger partial charge on any atom is 0.281 e. The topological polar surface area (TPSA) is 69.8 Å². The van der Waals surface area contributed by atoms with Crippen LogP contribution in [0.5, 0.6) is 0 Å². The minimum Gasteiger partial charge on any atom is -0.269 e. The Morgan fingerprint density at radius 3 is 2.83 bits per heavy atom. The number of thioether (sulfide) groups is 1. The molecule has 1 fully saturated rings. The number of nitrogens with zero attached hydrogens (tertiary/aromatic N) is 5. The zero-order valence-corrected chi connectivity index (χ0v) is 15.4. The highest BCUT2D eigenvalue weighted by molar-refractivity contribution is 9.09. The van der Waals surface area contributed by atoms with E-state index in [0.29, 0.717) is 21.0 Å². The fraction of sp³-hybridized carbons (Fsp3) is 0.438. The van der Waals surface area contributed by atoms with Gasteiger partial charge >= 0.3 is 0 Å². The molecule has 0 spiro atoms. The third-order valence-corrected chi connectivity index (χ3v) is 7.10. The molecule has 124 valence electrons. The summed E-state index contributed by atoms with van der Waals surface area (Å²) in [6, 6.07) is 9.01. The molecule has 1 aromatic carbocycles. The van der Waals surface area contributed by atoms with E-state index in [0.717, 1.165) is 18.5 Å². The zero-order chi connectivity index (χ0) is 16.7. The number of carbonyl (C=O) groups excluding carboxylic acids is 1. The molecule has 1 aromatic rings. The van der Waals surface area contributed by atoms with Gasteiger partial charge in [0.1, 0.15) is 0 Å². The fourth-order valence-corrected chi connectivity index (χ4v) is 5.28. The molecule has 4 rings (SSSR count). The number of hydrogen-bond donors (Lipinski definition) is 0. The molecule has 0 aromatic heterocycles. The van der Waals surface area contributed by atoms with Crippen LogP contribution in [-0.2, 0) is 4.79 Å². The molecule has 0 bridgehead atoms. The monoisotopic (exact) mass is 405 g/mol. The number of aliphatic imine (C=N–C) groups is 1. The van der Waals surface area contributed by atoms with E-state index in [1.54, 1.807) is 18.7 Å². The number of fused-ring (bicyclic) bond motifs is 1. The SMILES string of the molecule is CC1=NN(C2=N[C@H]3CC[C@H](Br)[C@@H]3S2)C(=O)[C@@H]1N=Nc1ccccc1. The number of rotatable bonds is 2. The van der Waals surface area contributed by atoms with E-state index in [-0.39, 0.29) is 11.9 Å². The van der Waals surface area contributed by atoms with Crippen molar-refractivity contribution in [3.05, 3.63) is 30.3 Å². The lowest BCUT2D eigenvalue weighted by atomic mass is 10.2. The minimum absolute atomic E-state index is 0.176. The highest BCUT2D eigenvalue weighted by atomic mass is 79.9. The average molecular weight is 406 g/mol. The van der Waals surface area contributed by atoms with E-state index in [4.69, 9.17) is 4.99 Å². The van der Waals surface area contributed by atoms with Crippen molar-refractivity contribution in [1.82, 2.24) is 5.01 Å². The molecule has 0 saturated heterocycles. The summed E-state index contributed by atoms with van der Waals surface area (Å²) >= 11 is 5.34. The van der Waals surface area contributed by atoms with Gasteiger partial charge in [0.05, 0.1) is 17.4 Å². The first-order valence-electron chi connectivity index (χ1n) is 7.87. The molecule has 8 heteroatoms. The van der Waals surface area contributed by atoms with Crippen molar-refractivity contribution in [2.75, 3.05) is 0 Å². The molecule has 1 aliphatic carbocycles. The van der Waals surface area contributed by atoms with Crippen LogP contribution in [-0.4, -0.2) is 44.0 Å². The predicted octanol–water partition coefficient (Wildman–Crippen LogP) is 3.75. The molecule has 0 radical (unpaired) electrons. The lowest BCUT2D eigenvalue weighted by Crippen LogP contribution is -2.32. The second-order valence-corrected chi connectivity index (χ2v) is 8.32. The van der Waals surface area contributed by atoms with Crippen LogP contribution in [0.4, 0.5) is 5.69 Å². The maximum absolute atomic E-state index is 12.7. The van der Waals surface area contributed by atoms with Gasteiger partial charge < -0.3 is 0 Å². The van der Waals surface area contributed by atoms with Crippen LogP contribution in [0.1, 0.15) is 19.8 Å². The van der Waals surface area contributed by atoms with Gasteiger partial charge in [0.15, 0.2) is 11.2 Å². The van der Waals surface area contributed by atoms with E-state index < -0.39 is 6.04 Å². The summed E-state index contributed by atoms with van der Waals surface area (Å²) in [4.78, 5) is 17.8. The Kier molecular flexibility index (Phi) is 4.26. The van der Waals surface area contributed by atoms with E-state index >= 15 is 0 Å². The first-order valence-corrected chi connectivity index (χ1v) is 9.66. The Balaban J connectivity index is 1.50. The number of hydrazone groups is 1. The van der Waals surface area contributed by atoms with Crippen molar-refractivity contribution in [1.29, 1.82) is 0 Å². The van der Waals surface area contributed by atoms with Crippen LogP contribution in [0.3, 0.4) is 0 Å². The molecule has 1 amide bonds. The number of benzene rings is 1. The van der Waals surface area contributed by atoms with Gasteiger partial charge in [0, 0.05) is 10.1 Å². The van der Waals surface area contributed by atoms with Crippen LogP contribution in [0.25, 0.3) is 0 Å². The number of halogens is 1. The quantitative estimate of drug-likeness (QED) is 0.555. The van der Waals surface area contributed by atoms with Crippen LogP contribution >= 0.6 is 27.7 Å². The van der Waals surface area contributed by atoms with Gasteiger partial charge in [-0.2, -0.15) is 20.3 Å². The lowest BCUT2D eigenvalue weighted by molar-refractivity contribution is -0.125. The second kappa shape index (κ2) is 6.40. The molecule has 24 heavy (non-hydrogen) atoms. The summed E-state index contributed by atoms with van der Waals surface area (Å²) in [6.45, 7) is 1.81. The summed E-state index contributed by atoms with van der Waals surface area (Å²) in [7, 11) is 0. The Labute approximate surface area is 152 Å². The van der Waals surface area contributed by atoms with Gasteiger partial charge in [-0.25, -0.2) is 0 Å².